The van der Waals surface area contributed by atoms with E-state index >= 15 is 0 Å². The largest absolute Gasteiger partial charge is 0.331 e. The van der Waals surface area contributed by atoms with E-state index in [9.17, 15) is 4.79 Å². The van der Waals surface area contributed by atoms with E-state index in [1.165, 1.54) is 0 Å². The van der Waals surface area contributed by atoms with Crippen LogP contribution in [0.4, 0.5) is 0 Å². The van der Waals surface area contributed by atoms with Crippen molar-refractivity contribution < 1.29 is 4.79 Å². The molecule has 0 saturated heterocycles. The molecule has 2 aromatic heterocycles. The second-order valence-electron chi connectivity index (χ2n) is 3.22. The van der Waals surface area contributed by atoms with E-state index < -0.39 is 0 Å². The van der Waals surface area contributed by atoms with E-state index in [-0.39, 0.29) is 5.78 Å². The lowest BCUT2D eigenvalue weighted by molar-refractivity contribution is 0.101. The van der Waals surface area contributed by atoms with Crippen LogP contribution in [0, 0.1) is 0 Å². The average Bonchev–Trinajstić information content (AvgIpc) is 2.84. The number of nitrogens with zero attached hydrogens (tertiary/aromatic N) is 4. The maximum atomic E-state index is 12.0. The van der Waals surface area contributed by atoms with E-state index in [0.717, 1.165) is 0 Å². The lowest BCUT2D eigenvalue weighted by atomic mass is 10.2. The molecule has 0 aliphatic rings. The molecule has 0 saturated carbocycles. The number of carbonyl (C=O) groups is 1. The molecule has 0 aliphatic heterocycles. The summed E-state index contributed by atoms with van der Waals surface area (Å²) < 4.78 is 3.37. The highest BCUT2D eigenvalue weighted by molar-refractivity contribution is 6.05. The Kier molecular flexibility index (Phi) is 2.37. The molecule has 2 heterocycles. The van der Waals surface area contributed by atoms with Crippen LogP contribution in [0.15, 0.2) is 24.7 Å². The number of imidazole rings is 1. The van der Waals surface area contributed by atoms with Crippen molar-refractivity contribution in [1.29, 1.82) is 0 Å². The third-order valence-corrected chi connectivity index (χ3v) is 2.27. The van der Waals surface area contributed by atoms with Crippen molar-refractivity contribution in [3.63, 3.8) is 0 Å². The fourth-order valence-electron chi connectivity index (χ4n) is 1.48. The Bertz CT molecular complexity index is 483. The molecule has 2 aromatic rings. The van der Waals surface area contributed by atoms with Crippen molar-refractivity contribution >= 4 is 5.78 Å². The smallest absolute Gasteiger partial charge is 0.246 e. The monoisotopic (exact) mass is 204 g/mol. The highest BCUT2D eigenvalue weighted by Crippen LogP contribution is 2.06. The number of hydrogen-bond acceptors (Lipinski definition) is 3. The second kappa shape index (κ2) is 3.68. The molecule has 15 heavy (non-hydrogen) atoms. The highest BCUT2D eigenvalue weighted by atomic mass is 16.1. The van der Waals surface area contributed by atoms with E-state index in [4.69, 9.17) is 0 Å². The van der Waals surface area contributed by atoms with Gasteiger partial charge in [-0.25, -0.2) is 4.98 Å². The minimum atomic E-state index is -0.0955. The first-order valence-electron chi connectivity index (χ1n) is 4.78. The van der Waals surface area contributed by atoms with Crippen LogP contribution in [0.3, 0.4) is 0 Å². The Morgan fingerprint density at radius 2 is 2.27 bits per heavy atom. The molecule has 0 amide bonds. The fraction of sp³-hybridized carbons (Fsp3) is 0.300. The highest BCUT2D eigenvalue weighted by Gasteiger charge is 2.17. The van der Waals surface area contributed by atoms with Crippen molar-refractivity contribution in [2.24, 2.45) is 7.05 Å². The van der Waals surface area contributed by atoms with Gasteiger partial charge in [-0.3, -0.25) is 9.48 Å². The standard InChI is InChI=1S/C10H12N4O/c1-3-14-8(4-5-12-14)9(15)10-11-6-7-13(10)2/h4-7H,3H2,1-2H3. The normalized spacial score (nSPS) is 10.5. The Morgan fingerprint density at radius 1 is 1.47 bits per heavy atom. The quantitative estimate of drug-likeness (QED) is 0.697. The molecule has 5 nitrogen and oxygen atoms in total. The van der Waals surface area contributed by atoms with Gasteiger partial charge in [-0.05, 0) is 13.0 Å². The van der Waals surface area contributed by atoms with Crippen LogP contribution in [0.5, 0.6) is 0 Å². The zero-order valence-electron chi connectivity index (χ0n) is 8.71. The summed E-state index contributed by atoms with van der Waals surface area (Å²) in [5.74, 6) is 0.340. The van der Waals surface area contributed by atoms with Gasteiger partial charge in [0.1, 0.15) is 5.69 Å². The molecule has 0 N–H and O–H groups in total. The van der Waals surface area contributed by atoms with Gasteiger partial charge in [0.15, 0.2) is 5.82 Å². The zero-order chi connectivity index (χ0) is 10.8. The van der Waals surface area contributed by atoms with Crippen LogP contribution in [-0.2, 0) is 13.6 Å². The number of hydrogen-bond donors (Lipinski definition) is 0. The number of carbonyl (C=O) groups excluding carboxylic acids is 1. The van der Waals surface area contributed by atoms with E-state index in [1.807, 2.05) is 6.92 Å². The number of rotatable bonds is 3. The number of aryl methyl sites for hydroxylation is 2. The maximum Gasteiger partial charge on any atom is 0.246 e. The summed E-state index contributed by atoms with van der Waals surface area (Å²) in [6, 6.07) is 1.71. The van der Waals surface area contributed by atoms with Gasteiger partial charge in [0.05, 0.1) is 0 Å². The van der Waals surface area contributed by atoms with Crippen molar-refractivity contribution in [2.75, 3.05) is 0 Å². The van der Waals surface area contributed by atoms with Crippen LogP contribution in [0.2, 0.25) is 0 Å². The van der Waals surface area contributed by atoms with Crippen LogP contribution in [0.1, 0.15) is 23.2 Å². The van der Waals surface area contributed by atoms with Gasteiger partial charge < -0.3 is 4.57 Å². The van der Waals surface area contributed by atoms with Gasteiger partial charge in [0.2, 0.25) is 5.78 Å². The van der Waals surface area contributed by atoms with Crippen LogP contribution in [0.25, 0.3) is 0 Å². The van der Waals surface area contributed by atoms with Crippen LogP contribution in [-0.4, -0.2) is 25.1 Å². The third-order valence-electron chi connectivity index (χ3n) is 2.27. The Morgan fingerprint density at radius 3 is 2.87 bits per heavy atom. The Labute approximate surface area is 87.4 Å². The summed E-state index contributed by atoms with van der Waals surface area (Å²) in [4.78, 5) is 16.0. The minimum absolute atomic E-state index is 0.0955. The molecular weight excluding hydrogens is 192 g/mol. The second-order valence-corrected chi connectivity index (χ2v) is 3.22. The molecule has 78 valence electrons. The zero-order valence-corrected chi connectivity index (χ0v) is 8.71. The van der Waals surface area contributed by atoms with E-state index in [2.05, 4.69) is 10.1 Å². The van der Waals surface area contributed by atoms with E-state index in [1.54, 1.807) is 41.0 Å². The molecule has 0 atom stereocenters. The summed E-state index contributed by atoms with van der Waals surface area (Å²) in [5.41, 5.74) is 0.576. The van der Waals surface area contributed by atoms with Gasteiger partial charge in [-0.1, -0.05) is 0 Å². The summed E-state index contributed by atoms with van der Waals surface area (Å²) in [5, 5.41) is 4.05. The summed E-state index contributed by atoms with van der Waals surface area (Å²) >= 11 is 0. The lowest BCUT2D eigenvalue weighted by Gasteiger charge is -2.03. The van der Waals surface area contributed by atoms with Crippen LogP contribution >= 0.6 is 0 Å². The molecular formula is C10H12N4O. The van der Waals surface area contributed by atoms with Crippen molar-refractivity contribution in [3.05, 3.63) is 36.2 Å². The number of ketones is 1. The first kappa shape index (κ1) is 9.64. The molecule has 0 spiro atoms. The van der Waals surface area contributed by atoms with Crippen molar-refractivity contribution in [2.45, 2.75) is 13.5 Å². The molecule has 2 rings (SSSR count). The lowest BCUT2D eigenvalue weighted by Crippen LogP contribution is -2.14. The number of aromatic nitrogens is 4. The van der Waals surface area contributed by atoms with Crippen molar-refractivity contribution in [1.82, 2.24) is 19.3 Å². The first-order valence-corrected chi connectivity index (χ1v) is 4.78. The van der Waals surface area contributed by atoms with Gasteiger partial charge in [0, 0.05) is 32.2 Å². The third kappa shape index (κ3) is 1.56. The first-order chi connectivity index (χ1) is 7.24. The van der Waals surface area contributed by atoms with Crippen molar-refractivity contribution in [3.8, 4) is 0 Å². The Balaban J connectivity index is 2.41. The maximum absolute atomic E-state index is 12.0. The van der Waals surface area contributed by atoms with Gasteiger partial charge in [-0.15, -0.1) is 0 Å². The summed E-state index contributed by atoms with van der Waals surface area (Å²) in [7, 11) is 1.80. The average molecular weight is 204 g/mol. The predicted molar refractivity (Wildman–Crippen MR) is 54.5 cm³/mol. The van der Waals surface area contributed by atoms with Gasteiger partial charge in [-0.2, -0.15) is 5.10 Å². The van der Waals surface area contributed by atoms with Gasteiger partial charge in [0.25, 0.3) is 0 Å². The molecule has 0 aliphatic carbocycles. The summed E-state index contributed by atoms with van der Waals surface area (Å²) in [6.07, 6.45) is 4.99. The molecule has 0 radical (unpaired) electrons. The minimum Gasteiger partial charge on any atom is -0.331 e. The molecule has 0 aromatic carbocycles. The SMILES string of the molecule is CCn1nccc1C(=O)c1nccn1C. The fourth-order valence-corrected chi connectivity index (χ4v) is 1.48. The van der Waals surface area contributed by atoms with E-state index in [0.29, 0.717) is 18.1 Å². The topological polar surface area (TPSA) is 52.7 Å². The molecule has 0 unspecified atom stereocenters. The summed E-state index contributed by atoms with van der Waals surface area (Å²) in [6.45, 7) is 2.63. The Hall–Kier alpha value is -1.91. The molecule has 5 heteroatoms. The molecule has 0 fully saturated rings. The predicted octanol–water partition coefficient (Wildman–Crippen LogP) is 0.867. The van der Waals surface area contributed by atoms with Crippen LogP contribution < -0.4 is 0 Å². The van der Waals surface area contributed by atoms with Gasteiger partial charge >= 0.3 is 0 Å². The molecule has 0 bridgehead atoms.